The Morgan fingerprint density at radius 1 is 1.10 bits per heavy atom. The van der Waals surface area contributed by atoms with E-state index in [1.807, 2.05) is 6.07 Å². The molecule has 0 aromatic heterocycles. The molecule has 3 aliphatic rings. The molecule has 0 bridgehead atoms. The van der Waals surface area contributed by atoms with E-state index in [4.69, 9.17) is 9.73 Å². The number of hydrogen-bond acceptors (Lipinski definition) is 3. The highest BCUT2D eigenvalue weighted by molar-refractivity contribution is 14.0. The molecule has 2 aliphatic heterocycles. The number of halogens is 1. The van der Waals surface area contributed by atoms with Crippen molar-refractivity contribution < 1.29 is 4.74 Å². The number of benzene rings is 1. The molecule has 0 spiro atoms. The lowest BCUT2D eigenvalue weighted by molar-refractivity contribution is 0.299. The van der Waals surface area contributed by atoms with Crippen molar-refractivity contribution in [3.63, 3.8) is 0 Å². The van der Waals surface area contributed by atoms with Crippen LogP contribution < -0.4 is 15.0 Å². The minimum absolute atomic E-state index is 0. The first-order chi connectivity index (χ1) is 13.8. The molecule has 2 saturated heterocycles. The molecule has 1 saturated carbocycles. The van der Waals surface area contributed by atoms with Crippen molar-refractivity contribution in [3.05, 3.63) is 24.3 Å². The second kappa shape index (κ2) is 10.7. The number of aliphatic imine (C=N–C) groups is 1. The Labute approximate surface area is 193 Å². The molecule has 0 radical (unpaired) electrons. The topological polar surface area (TPSA) is 40.1 Å². The number of nitrogens with zero attached hydrogens (tertiary/aromatic N) is 3. The van der Waals surface area contributed by atoms with Gasteiger partial charge in [-0.25, -0.2) is 0 Å². The van der Waals surface area contributed by atoms with Gasteiger partial charge >= 0.3 is 0 Å². The van der Waals surface area contributed by atoms with E-state index in [2.05, 4.69) is 40.2 Å². The summed E-state index contributed by atoms with van der Waals surface area (Å²) in [6, 6.07) is 8.35. The van der Waals surface area contributed by atoms with E-state index < -0.39 is 0 Å². The van der Waals surface area contributed by atoms with Gasteiger partial charge in [0.2, 0.25) is 0 Å². The lowest BCUT2D eigenvalue weighted by Crippen LogP contribution is -2.40. The van der Waals surface area contributed by atoms with E-state index in [0.29, 0.717) is 5.92 Å². The Bertz CT molecular complexity index is 669. The number of likely N-dealkylation sites (tertiary alicyclic amines) is 1. The number of rotatable bonds is 5. The second-order valence-corrected chi connectivity index (χ2v) is 8.68. The zero-order valence-electron chi connectivity index (χ0n) is 18.0. The molecule has 6 heteroatoms. The monoisotopic (exact) mass is 512 g/mol. The summed E-state index contributed by atoms with van der Waals surface area (Å²) < 4.78 is 5.55. The summed E-state index contributed by atoms with van der Waals surface area (Å²) in [6.45, 7) is 8.60. The van der Waals surface area contributed by atoms with Gasteiger partial charge in [-0.2, -0.15) is 0 Å². The highest BCUT2D eigenvalue weighted by Gasteiger charge is 2.35. The van der Waals surface area contributed by atoms with Crippen LogP contribution in [0.25, 0.3) is 0 Å². The number of guanidine groups is 1. The van der Waals surface area contributed by atoms with Gasteiger partial charge in [0.05, 0.1) is 12.8 Å². The molecular formula is C23H37IN4O. The normalized spacial score (nSPS) is 26.8. The lowest BCUT2D eigenvalue weighted by atomic mass is 9.82. The fraction of sp³-hybridized carbons (Fsp3) is 0.696. The number of anilines is 1. The van der Waals surface area contributed by atoms with Crippen LogP contribution >= 0.6 is 24.0 Å². The minimum atomic E-state index is 0. The van der Waals surface area contributed by atoms with E-state index in [1.54, 1.807) is 7.11 Å². The largest absolute Gasteiger partial charge is 0.495 e. The molecule has 1 aromatic carbocycles. The first-order valence-electron chi connectivity index (χ1n) is 11.2. The summed E-state index contributed by atoms with van der Waals surface area (Å²) in [5.74, 6) is 4.52. The quantitative estimate of drug-likeness (QED) is 0.364. The lowest BCUT2D eigenvalue weighted by Gasteiger charge is -2.23. The highest BCUT2D eigenvalue weighted by atomic mass is 127. The van der Waals surface area contributed by atoms with E-state index in [9.17, 15) is 0 Å². The standard InChI is InChI=1S/C23H36N4O.HI/c1-3-24-23(27-16-19-8-4-5-9-20(19)17-27)25-14-18-12-13-26(15-18)21-10-6-7-11-22(21)28-2;/h6-7,10-11,18-20H,3-5,8-9,12-17H2,1-2H3,(H,24,25);1H. The summed E-state index contributed by atoms with van der Waals surface area (Å²) in [5.41, 5.74) is 1.21. The maximum absolute atomic E-state index is 5.55. The Kier molecular flexibility index (Phi) is 8.33. The van der Waals surface area contributed by atoms with Gasteiger partial charge in [0.15, 0.2) is 5.96 Å². The maximum atomic E-state index is 5.55. The summed E-state index contributed by atoms with van der Waals surface area (Å²) in [6.07, 6.45) is 6.87. The summed E-state index contributed by atoms with van der Waals surface area (Å²) >= 11 is 0. The predicted octanol–water partition coefficient (Wildman–Crippen LogP) is 4.23. The van der Waals surface area contributed by atoms with E-state index in [-0.39, 0.29) is 24.0 Å². The smallest absolute Gasteiger partial charge is 0.193 e. The Hall–Kier alpha value is -1.18. The van der Waals surface area contributed by atoms with Crippen LogP contribution in [0.5, 0.6) is 5.75 Å². The molecule has 162 valence electrons. The molecule has 5 nitrogen and oxygen atoms in total. The van der Waals surface area contributed by atoms with Crippen molar-refractivity contribution in [1.29, 1.82) is 0 Å². The molecule has 1 aliphatic carbocycles. The average molecular weight is 512 g/mol. The highest BCUT2D eigenvalue weighted by Crippen LogP contribution is 2.36. The molecule has 3 atom stereocenters. The van der Waals surface area contributed by atoms with Gasteiger partial charge in [-0.3, -0.25) is 4.99 Å². The van der Waals surface area contributed by atoms with E-state index in [0.717, 1.165) is 49.7 Å². The van der Waals surface area contributed by atoms with Crippen LogP contribution in [-0.2, 0) is 0 Å². The van der Waals surface area contributed by atoms with E-state index >= 15 is 0 Å². The molecule has 1 aromatic rings. The summed E-state index contributed by atoms with van der Waals surface area (Å²) in [7, 11) is 1.76. The van der Waals surface area contributed by atoms with Crippen molar-refractivity contribution in [2.45, 2.75) is 39.0 Å². The van der Waals surface area contributed by atoms with Crippen molar-refractivity contribution in [2.75, 3.05) is 51.3 Å². The number of hydrogen-bond donors (Lipinski definition) is 1. The van der Waals surface area contributed by atoms with Gasteiger partial charge in [0, 0.05) is 39.3 Å². The van der Waals surface area contributed by atoms with Gasteiger partial charge < -0.3 is 19.9 Å². The summed E-state index contributed by atoms with van der Waals surface area (Å²) in [4.78, 5) is 10.1. The van der Waals surface area contributed by atoms with Gasteiger partial charge in [-0.05, 0) is 56.1 Å². The molecule has 3 unspecified atom stereocenters. The summed E-state index contributed by atoms with van der Waals surface area (Å²) in [5, 5.41) is 3.56. The number of methoxy groups -OCH3 is 1. The Balaban J connectivity index is 0.00000240. The Morgan fingerprint density at radius 3 is 2.52 bits per heavy atom. The molecule has 3 fully saturated rings. The molecular weight excluding hydrogens is 475 g/mol. The van der Waals surface area contributed by atoms with Crippen LogP contribution in [-0.4, -0.2) is 57.2 Å². The van der Waals surface area contributed by atoms with Crippen LogP contribution in [0.15, 0.2) is 29.3 Å². The van der Waals surface area contributed by atoms with Crippen LogP contribution in [0.3, 0.4) is 0 Å². The van der Waals surface area contributed by atoms with Crippen LogP contribution in [0.1, 0.15) is 39.0 Å². The van der Waals surface area contributed by atoms with Crippen LogP contribution in [0.4, 0.5) is 5.69 Å². The maximum Gasteiger partial charge on any atom is 0.193 e. The third-order valence-corrected chi connectivity index (χ3v) is 6.82. The fourth-order valence-electron chi connectivity index (χ4n) is 5.31. The molecule has 4 rings (SSSR count). The third kappa shape index (κ3) is 5.30. The van der Waals surface area contributed by atoms with Gasteiger partial charge in [0.1, 0.15) is 5.75 Å². The second-order valence-electron chi connectivity index (χ2n) is 8.68. The number of para-hydroxylation sites is 2. The first-order valence-corrected chi connectivity index (χ1v) is 11.2. The van der Waals surface area contributed by atoms with Crippen LogP contribution in [0, 0.1) is 17.8 Å². The zero-order valence-corrected chi connectivity index (χ0v) is 20.3. The molecule has 29 heavy (non-hydrogen) atoms. The molecule has 1 N–H and O–H groups in total. The minimum Gasteiger partial charge on any atom is -0.495 e. The first kappa shape index (κ1) is 22.5. The van der Waals surface area contributed by atoms with Crippen molar-refractivity contribution in [2.24, 2.45) is 22.7 Å². The SMILES string of the molecule is CCNC(=NCC1CCN(c2ccccc2OC)C1)N1CC2CCCCC2C1.I. The van der Waals surface area contributed by atoms with Crippen molar-refractivity contribution in [3.8, 4) is 5.75 Å². The number of fused-ring (bicyclic) bond motifs is 1. The van der Waals surface area contributed by atoms with Gasteiger partial charge in [-0.15, -0.1) is 24.0 Å². The third-order valence-electron chi connectivity index (χ3n) is 6.82. The van der Waals surface area contributed by atoms with Crippen molar-refractivity contribution in [1.82, 2.24) is 10.2 Å². The molecule has 0 amide bonds. The number of nitrogens with one attached hydrogen (secondary N) is 1. The predicted molar refractivity (Wildman–Crippen MR) is 132 cm³/mol. The Morgan fingerprint density at radius 2 is 1.83 bits per heavy atom. The molecule has 2 heterocycles. The number of ether oxygens (including phenoxy) is 1. The van der Waals surface area contributed by atoms with Gasteiger partial charge in [0.25, 0.3) is 0 Å². The van der Waals surface area contributed by atoms with E-state index in [1.165, 1.54) is 50.9 Å². The fourth-order valence-corrected chi connectivity index (χ4v) is 5.31. The van der Waals surface area contributed by atoms with Crippen LogP contribution in [0.2, 0.25) is 0 Å². The van der Waals surface area contributed by atoms with Gasteiger partial charge in [-0.1, -0.05) is 25.0 Å². The zero-order chi connectivity index (χ0) is 19.3. The van der Waals surface area contributed by atoms with Crippen molar-refractivity contribution >= 4 is 35.6 Å². The average Bonchev–Trinajstić information content (AvgIpc) is 3.38.